The lowest BCUT2D eigenvalue weighted by Crippen LogP contribution is -2.40. The van der Waals surface area contributed by atoms with Crippen LogP contribution in [-0.4, -0.2) is 62.3 Å². The van der Waals surface area contributed by atoms with E-state index in [1.807, 2.05) is 43.3 Å². The van der Waals surface area contributed by atoms with Gasteiger partial charge in [0.1, 0.15) is 17.1 Å². The topological polar surface area (TPSA) is 263 Å². The Bertz CT molecular complexity index is 2050. The molecule has 1 atom stereocenters. The summed E-state index contributed by atoms with van der Waals surface area (Å²) in [6.07, 6.45) is 0.656. The molecule has 0 spiro atoms. The van der Waals surface area contributed by atoms with Crippen LogP contribution < -0.4 is 17.4 Å². The van der Waals surface area contributed by atoms with Gasteiger partial charge in [-0.15, -0.1) is 15.2 Å². The molecule has 0 saturated carbocycles. The Hall–Kier alpha value is -6.21. The molecule has 0 amide bonds. The summed E-state index contributed by atoms with van der Waals surface area (Å²) in [5.41, 5.74) is 8.01. The molecule has 0 fully saturated rings. The first kappa shape index (κ1) is 42.5. The van der Waals surface area contributed by atoms with Crippen molar-refractivity contribution in [2.75, 3.05) is 13.2 Å². The van der Waals surface area contributed by atoms with Gasteiger partial charge in [-0.3, -0.25) is 0 Å². The molecule has 0 aliphatic rings. The number of carbonyl (C=O) groups excluding carboxylic acids is 2. The number of esters is 1. The molecule has 2 aromatic heterocycles. The lowest BCUT2D eigenvalue weighted by atomic mass is 9.98. The number of hydrazone groups is 1. The maximum Gasteiger partial charge on any atom is 0.519 e. The van der Waals surface area contributed by atoms with Crippen molar-refractivity contribution in [2.45, 2.75) is 91.7 Å². The highest BCUT2D eigenvalue weighted by atomic mass is 16.9. The third kappa shape index (κ3) is 11.6. The molecule has 56 heavy (non-hydrogen) atoms. The summed E-state index contributed by atoms with van der Waals surface area (Å²) in [5, 5.41) is 25.5. The molecule has 4 aromatic rings. The summed E-state index contributed by atoms with van der Waals surface area (Å²) >= 11 is 0. The molecule has 302 valence electrons. The maximum atomic E-state index is 13.6. The zero-order chi connectivity index (χ0) is 41.0. The van der Waals surface area contributed by atoms with Crippen LogP contribution in [-0.2, 0) is 44.2 Å². The number of imidazole rings is 1. The van der Waals surface area contributed by atoms with E-state index in [0.717, 1.165) is 28.2 Å². The van der Waals surface area contributed by atoms with Gasteiger partial charge in [0, 0.05) is 18.5 Å². The number of aryl methyl sites for hydroxylation is 2. The second kappa shape index (κ2) is 19.4. The van der Waals surface area contributed by atoms with Gasteiger partial charge in [0.2, 0.25) is 6.23 Å². The minimum absolute atomic E-state index is 0.0396. The summed E-state index contributed by atoms with van der Waals surface area (Å²) in [7, 11) is 0. The van der Waals surface area contributed by atoms with Gasteiger partial charge in [0.15, 0.2) is 29.7 Å². The molecule has 2 aromatic carbocycles. The largest absolute Gasteiger partial charge is 0.519 e. The number of aromatic nitrogens is 2. The number of hydrazine groups is 1. The smallest absolute Gasteiger partial charge is 0.453 e. The quantitative estimate of drug-likeness (QED) is 0.0161. The standard InChI is InChI=1S/C37H47N7O12/c1-6-12-30-40-32(37(4,5)48)31(34(45)52-22-29-23(2)54-36(47)56-29)42(30)21-25-15-17-26(18-16-25)27-13-8-9-14-28(27)33(38)41-43(39)24(3)55-35(46)51-19-10-7-11-20-53-44(49)50/h8-9,13-18,24,48H,6-7,10-12,19-22,39H2,1-5H3,(H2,38,41). The fraction of sp³-hybridized carbons (Fsp3) is 0.432. The Morgan fingerprint density at radius 2 is 1.79 bits per heavy atom. The van der Waals surface area contributed by atoms with Gasteiger partial charge in [-0.25, -0.2) is 25.2 Å². The van der Waals surface area contributed by atoms with Crippen molar-refractivity contribution < 1.29 is 47.7 Å². The van der Waals surface area contributed by atoms with Gasteiger partial charge in [0.05, 0.1) is 13.2 Å². The highest BCUT2D eigenvalue weighted by molar-refractivity contribution is 6.03. The molecule has 0 bridgehead atoms. The number of rotatable bonds is 20. The monoisotopic (exact) mass is 781 g/mol. The van der Waals surface area contributed by atoms with E-state index in [1.165, 1.54) is 27.7 Å². The van der Waals surface area contributed by atoms with Crippen LogP contribution in [0.4, 0.5) is 4.79 Å². The van der Waals surface area contributed by atoms with E-state index < -0.39 is 34.9 Å². The maximum absolute atomic E-state index is 13.6. The highest BCUT2D eigenvalue weighted by Gasteiger charge is 2.33. The summed E-state index contributed by atoms with van der Waals surface area (Å²) in [4.78, 5) is 56.3. The van der Waals surface area contributed by atoms with E-state index in [9.17, 15) is 29.6 Å². The van der Waals surface area contributed by atoms with Crippen molar-refractivity contribution in [2.24, 2.45) is 16.7 Å². The van der Waals surface area contributed by atoms with Gasteiger partial charge >= 0.3 is 17.9 Å². The molecule has 19 heteroatoms. The lowest BCUT2D eigenvalue weighted by Gasteiger charge is -2.21. The minimum Gasteiger partial charge on any atom is -0.453 e. The molecule has 4 rings (SSSR count). The van der Waals surface area contributed by atoms with Crippen LogP contribution in [0.2, 0.25) is 0 Å². The normalized spacial score (nSPS) is 12.2. The third-order valence-corrected chi connectivity index (χ3v) is 8.34. The van der Waals surface area contributed by atoms with E-state index in [0.29, 0.717) is 37.1 Å². The van der Waals surface area contributed by atoms with E-state index in [-0.39, 0.29) is 55.1 Å². The zero-order valence-electron chi connectivity index (χ0n) is 31.9. The van der Waals surface area contributed by atoms with Gasteiger partial charge < -0.3 is 43.3 Å². The fourth-order valence-electron chi connectivity index (χ4n) is 5.52. The number of nitrogens with two attached hydrogens (primary N) is 2. The molecule has 0 saturated heterocycles. The van der Waals surface area contributed by atoms with Crippen LogP contribution in [0.15, 0.2) is 67.3 Å². The third-order valence-electron chi connectivity index (χ3n) is 8.34. The first-order chi connectivity index (χ1) is 26.6. The summed E-state index contributed by atoms with van der Waals surface area (Å²) in [6.45, 7) is 7.91. The first-order valence-corrected chi connectivity index (χ1v) is 17.8. The lowest BCUT2D eigenvalue weighted by molar-refractivity contribution is -0.757. The van der Waals surface area contributed by atoms with E-state index >= 15 is 0 Å². The van der Waals surface area contributed by atoms with Crippen molar-refractivity contribution >= 4 is 18.0 Å². The number of carbonyl (C=O) groups is 2. The van der Waals surface area contributed by atoms with Gasteiger partial charge in [-0.05, 0) is 70.1 Å². The first-order valence-electron chi connectivity index (χ1n) is 17.8. The van der Waals surface area contributed by atoms with Gasteiger partial charge in [-0.2, -0.15) is 5.12 Å². The average molecular weight is 782 g/mol. The van der Waals surface area contributed by atoms with Crippen molar-refractivity contribution in [1.29, 1.82) is 0 Å². The molecule has 0 aliphatic heterocycles. The average Bonchev–Trinajstić information content (AvgIpc) is 3.68. The van der Waals surface area contributed by atoms with Crippen LogP contribution in [0, 0.1) is 17.0 Å². The molecular weight excluding hydrogens is 734 g/mol. The van der Waals surface area contributed by atoms with Crippen LogP contribution >= 0.6 is 0 Å². The van der Waals surface area contributed by atoms with E-state index in [1.54, 1.807) is 16.7 Å². The molecule has 5 N–H and O–H groups in total. The number of amidine groups is 1. The number of aliphatic hydroxyl groups is 1. The second-order valence-corrected chi connectivity index (χ2v) is 13.2. The Balaban J connectivity index is 1.48. The van der Waals surface area contributed by atoms with Crippen LogP contribution in [0.5, 0.6) is 0 Å². The number of ether oxygens (including phenoxy) is 3. The van der Waals surface area contributed by atoms with Crippen molar-refractivity contribution in [3.63, 3.8) is 0 Å². The predicted octanol–water partition coefficient (Wildman–Crippen LogP) is 4.66. The van der Waals surface area contributed by atoms with Crippen molar-refractivity contribution in [3.8, 4) is 11.1 Å². The Morgan fingerprint density at radius 3 is 2.43 bits per heavy atom. The SMILES string of the molecule is CCCc1nc(C(C)(C)O)c(C(=O)OCc2oc(=O)oc2C)n1Cc1ccc(-c2ccccc2/C(N)=N/N(N)C(C)OC(=O)OCCCCCO[N+](=O)[O-])cc1. The summed E-state index contributed by atoms with van der Waals surface area (Å²) < 4.78 is 27.3. The number of hydrogen-bond donors (Lipinski definition) is 3. The minimum atomic E-state index is -1.48. The Labute approximate surface area is 321 Å². The molecule has 0 aliphatic carbocycles. The molecule has 19 nitrogen and oxygen atoms in total. The summed E-state index contributed by atoms with van der Waals surface area (Å²) in [5.74, 6) is 5.27. The molecule has 0 radical (unpaired) electrons. The second-order valence-electron chi connectivity index (χ2n) is 13.2. The van der Waals surface area contributed by atoms with Crippen LogP contribution in [0.3, 0.4) is 0 Å². The number of unbranched alkanes of at least 4 members (excludes halogenated alkanes) is 2. The van der Waals surface area contributed by atoms with E-state index in [4.69, 9.17) is 34.6 Å². The number of hydrogen-bond acceptors (Lipinski definition) is 16. The van der Waals surface area contributed by atoms with Crippen molar-refractivity contribution in [3.05, 3.63) is 109 Å². The van der Waals surface area contributed by atoms with E-state index in [2.05, 4.69) is 14.9 Å². The summed E-state index contributed by atoms with van der Waals surface area (Å²) in [6, 6.07) is 14.8. The fourth-order valence-corrected chi connectivity index (χ4v) is 5.52. The molecule has 2 heterocycles. The van der Waals surface area contributed by atoms with Crippen molar-refractivity contribution in [1.82, 2.24) is 14.7 Å². The molecule has 1 unspecified atom stereocenters. The molecular formula is C37H47N7O12. The van der Waals surface area contributed by atoms with Crippen LogP contribution in [0.25, 0.3) is 11.1 Å². The number of nitrogens with zero attached hydrogens (tertiary/aromatic N) is 5. The predicted molar refractivity (Wildman–Crippen MR) is 199 cm³/mol. The highest BCUT2D eigenvalue weighted by Crippen LogP contribution is 2.29. The Kier molecular flexibility index (Phi) is 14.7. The number of benzene rings is 2. The Morgan fingerprint density at radius 1 is 1.09 bits per heavy atom. The van der Waals surface area contributed by atoms with Gasteiger partial charge in [-0.1, -0.05) is 55.5 Å². The van der Waals surface area contributed by atoms with Crippen LogP contribution in [0.1, 0.15) is 98.0 Å². The van der Waals surface area contributed by atoms with Gasteiger partial charge in [0.25, 0.3) is 5.09 Å². The zero-order valence-corrected chi connectivity index (χ0v) is 31.9.